The molecule has 1 aromatic heterocycles. The van der Waals surface area contributed by atoms with E-state index in [0.29, 0.717) is 12.1 Å². The Labute approximate surface area is 140 Å². The molecule has 1 amide bonds. The van der Waals surface area contributed by atoms with Crippen molar-refractivity contribution in [2.75, 3.05) is 13.1 Å². The Bertz CT molecular complexity index is 745. The van der Waals surface area contributed by atoms with Gasteiger partial charge in [-0.15, -0.1) is 0 Å². The van der Waals surface area contributed by atoms with Gasteiger partial charge in [0.25, 0.3) is 0 Å². The highest BCUT2D eigenvalue weighted by Crippen LogP contribution is 2.51. The largest absolute Gasteiger partial charge is 0.341 e. The number of hydrogen-bond donors (Lipinski definition) is 0. The molecule has 0 N–H and O–H groups in total. The molecule has 4 nitrogen and oxygen atoms in total. The second-order valence-electron chi connectivity index (χ2n) is 6.78. The number of likely N-dealkylation sites (tertiary alicyclic amines) is 1. The molecule has 0 bridgehead atoms. The Hall–Kier alpha value is -2.30. The van der Waals surface area contributed by atoms with E-state index in [-0.39, 0.29) is 17.6 Å². The van der Waals surface area contributed by atoms with Gasteiger partial charge in [0.1, 0.15) is 5.82 Å². The Morgan fingerprint density at radius 3 is 2.79 bits per heavy atom. The normalized spacial score (nSPS) is 22.2. The molecule has 5 heteroatoms. The molecule has 1 aliphatic carbocycles. The SMILES string of the molecule is O=C(N1CCC[C@H](c2cnccn2)C1)C1(c2ccccc2F)CC1. The Kier molecular flexibility index (Phi) is 3.79. The second-order valence-corrected chi connectivity index (χ2v) is 6.78. The van der Waals surface area contributed by atoms with Gasteiger partial charge in [0, 0.05) is 43.2 Å². The Morgan fingerprint density at radius 1 is 1.25 bits per heavy atom. The fraction of sp³-hybridized carbons (Fsp3) is 0.421. The molecular weight excluding hydrogens is 305 g/mol. The number of carbonyl (C=O) groups is 1. The number of nitrogens with zero attached hydrogens (tertiary/aromatic N) is 3. The quantitative estimate of drug-likeness (QED) is 0.871. The van der Waals surface area contributed by atoms with Gasteiger partial charge in [0.2, 0.25) is 5.91 Å². The van der Waals surface area contributed by atoms with Crippen molar-refractivity contribution < 1.29 is 9.18 Å². The van der Waals surface area contributed by atoms with Crippen LogP contribution in [0.4, 0.5) is 4.39 Å². The summed E-state index contributed by atoms with van der Waals surface area (Å²) >= 11 is 0. The van der Waals surface area contributed by atoms with Crippen molar-refractivity contribution in [2.45, 2.75) is 37.0 Å². The average molecular weight is 325 g/mol. The van der Waals surface area contributed by atoms with Gasteiger partial charge < -0.3 is 4.90 Å². The van der Waals surface area contributed by atoms with E-state index in [0.717, 1.165) is 37.9 Å². The van der Waals surface area contributed by atoms with Crippen molar-refractivity contribution in [3.05, 3.63) is 59.9 Å². The van der Waals surface area contributed by atoms with Crippen LogP contribution in [0, 0.1) is 5.82 Å². The lowest BCUT2D eigenvalue weighted by molar-refractivity contribution is -0.135. The van der Waals surface area contributed by atoms with Gasteiger partial charge in [0.15, 0.2) is 0 Å². The maximum absolute atomic E-state index is 14.2. The molecule has 4 rings (SSSR count). The van der Waals surface area contributed by atoms with Gasteiger partial charge in [-0.2, -0.15) is 0 Å². The van der Waals surface area contributed by atoms with Crippen molar-refractivity contribution in [1.82, 2.24) is 14.9 Å². The summed E-state index contributed by atoms with van der Waals surface area (Å²) in [7, 11) is 0. The van der Waals surface area contributed by atoms with E-state index in [1.54, 1.807) is 30.7 Å². The molecule has 2 aliphatic rings. The standard InChI is InChI=1S/C19H20FN3O/c20-16-6-2-1-5-15(16)19(7-8-19)18(24)23-11-3-4-14(13-23)17-12-21-9-10-22-17/h1-2,5-6,9-10,12,14H,3-4,7-8,11,13H2/t14-/m0/s1. The van der Waals surface area contributed by atoms with Crippen molar-refractivity contribution in [3.63, 3.8) is 0 Å². The van der Waals surface area contributed by atoms with Crippen LogP contribution in [-0.4, -0.2) is 33.9 Å². The van der Waals surface area contributed by atoms with Crippen molar-refractivity contribution in [1.29, 1.82) is 0 Å². The smallest absolute Gasteiger partial charge is 0.233 e. The summed E-state index contributed by atoms with van der Waals surface area (Å²) in [5.41, 5.74) is 0.845. The number of halogens is 1. The lowest BCUT2D eigenvalue weighted by Crippen LogP contribution is -2.44. The lowest BCUT2D eigenvalue weighted by Gasteiger charge is -2.35. The zero-order chi connectivity index (χ0) is 16.6. The van der Waals surface area contributed by atoms with Gasteiger partial charge in [-0.05, 0) is 31.7 Å². The Balaban J connectivity index is 1.55. The Morgan fingerprint density at radius 2 is 2.08 bits per heavy atom. The number of aromatic nitrogens is 2. The van der Waals surface area contributed by atoms with Crippen LogP contribution in [0.15, 0.2) is 42.9 Å². The summed E-state index contributed by atoms with van der Waals surface area (Å²) < 4.78 is 14.2. The zero-order valence-electron chi connectivity index (χ0n) is 13.5. The summed E-state index contributed by atoms with van der Waals surface area (Å²) in [5.74, 6) is 0.0137. The molecule has 1 aromatic carbocycles. The van der Waals surface area contributed by atoms with Crippen LogP contribution in [0.2, 0.25) is 0 Å². The van der Waals surface area contributed by atoms with Crippen molar-refractivity contribution in [2.24, 2.45) is 0 Å². The molecule has 1 atom stereocenters. The first-order valence-corrected chi connectivity index (χ1v) is 8.51. The molecule has 1 saturated heterocycles. The summed E-state index contributed by atoms with van der Waals surface area (Å²) in [5, 5.41) is 0. The monoisotopic (exact) mass is 325 g/mol. The topological polar surface area (TPSA) is 46.1 Å². The van der Waals surface area contributed by atoms with Crippen LogP contribution in [0.1, 0.15) is 42.9 Å². The molecule has 2 fully saturated rings. The van der Waals surface area contributed by atoms with Gasteiger partial charge in [-0.25, -0.2) is 4.39 Å². The molecule has 0 unspecified atom stereocenters. The first-order valence-electron chi connectivity index (χ1n) is 8.51. The third-order valence-electron chi connectivity index (χ3n) is 5.26. The minimum atomic E-state index is -0.643. The molecule has 1 saturated carbocycles. The van der Waals surface area contributed by atoms with Gasteiger partial charge in [-0.1, -0.05) is 18.2 Å². The maximum Gasteiger partial charge on any atom is 0.233 e. The van der Waals surface area contributed by atoms with Gasteiger partial charge in [0.05, 0.1) is 11.1 Å². The predicted molar refractivity (Wildman–Crippen MR) is 87.9 cm³/mol. The van der Waals surface area contributed by atoms with Crippen molar-refractivity contribution in [3.8, 4) is 0 Å². The zero-order valence-corrected chi connectivity index (χ0v) is 13.5. The van der Waals surface area contributed by atoms with Crippen LogP contribution >= 0.6 is 0 Å². The highest BCUT2D eigenvalue weighted by Gasteiger charge is 2.54. The van der Waals surface area contributed by atoms with Crippen LogP contribution in [-0.2, 0) is 10.2 Å². The van der Waals surface area contributed by atoms with E-state index in [9.17, 15) is 9.18 Å². The first kappa shape index (κ1) is 15.2. The first-order chi connectivity index (χ1) is 11.7. The molecule has 24 heavy (non-hydrogen) atoms. The second kappa shape index (κ2) is 5.96. The van der Waals surface area contributed by atoms with Crippen molar-refractivity contribution >= 4 is 5.91 Å². The minimum Gasteiger partial charge on any atom is -0.341 e. The fourth-order valence-electron chi connectivity index (χ4n) is 3.80. The maximum atomic E-state index is 14.2. The fourth-order valence-corrected chi connectivity index (χ4v) is 3.80. The summed E-state index contributed by atoms with van der Waals surface area (Å²) in [4.78, 5) is 23.6. The summed E-state index contributed by atoms with van der Waals surface area (Å²) in [6, 6.07) is 6.68. The molecular formula is C19H20FN3O. The molecule has 2 heterocycles. The number of hydrogen-bond acceptors (Lipinski definition) is 3. The average Bonchev–Trinajstić information content (AvgIpc) is 3.44. The third kappa shape index (κ3) is 2.58. The highest BCUT2D eigenvalue weighted by atomic mass is 19.1. The van der Waals surface area contributed by atoms with Crippen LogP contribution in [0.25, 0.3) is 0 Å². The third-order valence-corrected chi connectivity index (χ3v) is 5.26. The number of rotatable bonds is 3. The predicted octanol–water partition coefficient (Wildman–Crippen LogP) is 3.05. The van der Waals surface area contributed by atoms with Crippen LogP contribution in [0.3, 0.4) is 0 Å². The number of benzene rings is 1. The van der Waals surface area contributed by atoms with E-state index in [2.05, 4.69) is 9.97 Å². The molecule has 0 spiro atoms. The van der Waals surface area contributed by atoms with E-state index >= 15 is 0 Å². The molecule has 124 valence electrons. The minimum absolute atomic E-state index is 0.0705. The number of carbonyl (C=O) groups excluding carboxylic acids is 1. The van der Waals surface area contributed by atoms with E-state index in [4.69, 9.17) is 0 Å². The summed E-state index contributed by atoms with van der Waals surface area (Å²) in [6.45, 7) is 1.39. The van der Waals surface area contributed by atoms with Crippen LogP contribution in [0.5, 0.6) is 0 Å². The van der Waals surface area contributed by atoms with E-state index in [1.165, 1.54) is 6.07 Å². The van der Waals surface area contributed by atoms with Gasteiger partial charge >= 0.3 is 0 Å². The number of amides is 1. The number of piperidine rings is 1. The lowest BCUT2D eigenvalue weighted by atomic mass is 9.90. The molecule has 1 aliphatic heterocycles. The summed E-state index contributed by atoms with van der Waals surface area (Å²) in [6.07, 6.45) is 8.56. The van der Waals surface area contributed by atoms with E-state index in [1.807, 2.05) is 11.0 Å². The highest BCUT2D eigenvalue weighted by molar-refractivity contribution is 5.91. The molecule has 2 aromatic rings. The van der Waals surface area contributed by atoms with E-state index < -0.39 is 5.41 Å². The van der Waals surface area contributed by atoms with Gasteiger partial charge in [-0.3, -0.25) is 14.8 Å². The van der Waals surface area contributed by atoms with Crippen LogP contribution < -0.4 is 0 Å². The molecule has 0 radical (unpaired) electrons.